The van der Waals surface area contributed by atoms with Crippen LogP contribution in [0.5, 0.6) is 0 Å². The molecule has 1 saturated heterocycles. The first-order valence-electron chi connectivity index (χ1n) is 7.37. The summed E-state index contributed by atoms with van der Waals surface area (Å²) in [5.41, 5.74) is 2.59. The van der Waals surface area contributed by atoms with Crippen molar-refractivity contribution >= 4 is 10.9 Å². The van der Waals surface area contributed by atoms with E-state index in [4.69, 9.17) is 0 Å². The number of aromatic amines is 1. The fourth-order valence-electron chi connectivity index (χ4n) is 3.13. The predicted octanol–water partition coefficient (Wildman–Crippen LogP) is 2.74. The Kier molecular flexibility index (Phi) is 3.85. The topological polar surface area (TPSA) is 31.1 Å². The van der Waals surface area contributed by atoms with Gasteiger partial charge < -0.3 is 10.3 Å². The largest absolute Gasteiger partial charge is 0.361 e. The highest BCUT2D eigenvalue weighted by atomic mass is 15.2. The molecule has 3 heteroatoms. The van der Waals surface area contributed by atoms with Crippen LogP contribution in [0.2, 0.25) is 0 Å². The van der Waals surface area contributed by atoms with Crippen LogP contribution in [0, 0.1) is 0 Å². The van der Waals surface area contributed by atoms with Gasteiger partial charge in [-0.1, -0.05) is 19.1 Å². The SMILES string of the molecule is CCN1CCCC1CNCc1ccc2cc[nH]c2c1. The number of hydrogen-bond donors (Lipinski definition) is 2. The third kappa shape index (κ3) is 2.82. The monoisotopic (exact) mass is 257 g/mol. The summed E-state index contributed by atoms with van der Waals surface area (Å²) in [6.07, 6.45) is 4.70. The molecule has 0 amide bonds. The van der Waals surface area contributed by atoms with Gasteiger partial charge in [0.1, 0.15) is 0 Å². The molecule has 1 unspecified atom stereocenters. The molecule has 0 saturated carbocycles. The van der Waals surface area contributed by atoms with Crippen molar-refractivity contribution in [2.24, 2.45) is 0 Å². The molecular weight excluding hydrogens is 234 g/mol. The van der Waals surface area contributed by atoms with Gasteiger partial charge in [-0.15, -0.1) is 0 Å². The molecule has 3 nitrogen and oxygen atoms in total. The third-order valence-corrected chi connectivity index (χ3v) is 4.23. The van der Waals surface area contributed by atoms with Crippen LogP contribution in [-0.4, -0.2) is 35.6 Å². The van der Waals surface area contributed by atoms with Gasteiger partial charge in [0.15, 0.2) is 0 Å². The Morgan fingerprint density at radius 2 is 2.32 bits per heavy atom. The molecule has 102 valence electrons. The zero-order valence-electron chi connectivity index (χ0n) is 11.7. The van der Waals surface area contributed by atoms with Crippen LogP contribution in [0.3, 0.4) is 0 Å². The van der Waals surface area contributed by atoms with Crippen LogP contribution in [0.4, 0.5) is 0 Å². The number of nitrogens with zero attached hydrogens (tertiary/aromatic N) is 1. The molecule has 0 bridgehead atoms. The van der Waals surface area contributed by atoms with Crippen molar-refractivity contribution in [1.29, 1.82) is 0 Å². The van der Waals surface area contributed by atoms with E-state index in [2.05, 4.69) is 46.4 Å². The third-order valence-electron chi connectivity index (χ3n) is 4.23. The number of aromatic nitrogens is 1. The highest BCUT2D eigenvalue weighted by Gasteiger charge is 2.21. The lowest BCUT2D eigenvalue weighted by Gasteiger charge is -2.23. The Morgan fingerprint density at radius 3 is 3.21 bits per heavy atom. The van der Waals surface area contributed by atoms with Crippen LogP contribution in [0.25, 0.3) is 10.9 Å². The van der Waals surface area contributed by atoms with E-state index in [9.17, 15) is 0 Å². The summed E-state index contributed by atoms with van der Waals surface area (Å²) in [6.45, 7) is 6.79. The molecule has 0 radical (unpaired) electrons. The molecule has 19 heavy (non-hydrogen) atoms. The molecular formula is C16H23N3. The van der Waals surface area contributed by atoms with Gasteiger partial charge in [0.25, 0.3) is 0 Å². The van der Waals surface area contributed by atoms with Crippen molar-refractivity contribution < 1.29 is 0 Å². The first-order chi connectivity index (χ1) is 9.36. The lowest BCUT2D eigenvalue weighted by molar-refractivity contribution is 0.260. The number of rotatable bonds is 5. The zero-order chi connectivity index (χ0) is 13.1. The number of nitrogens with one attached hydrogen (secondary N) is 2. The first kappa shape index (κ1) is 12.7. The van der Waals surface area contributed by atoms with E-state index in [-0.39, 0.29) is 0 Å². The molecule has 1 aromatic heterocycles. The van der Waals surface area contributed by atoms with E-state index >= 15 is 0 Å². The Hall–Kier alpha value is -1.32. The van der Waals surface area contributed by atoms with E-state index in [0.717, 1.165) is 19.1 Å². The van der Waals surface area contributed by atoms with Gasteiger partial charge >= 0.3 is 0 Å². The second-order valence-electron chi connectivity index (χ2n) is 5.45. The van der Waals surface area contributed by atoms with Gasteiger partial charge in [0, 0.05) is 30.8 Å². The molecule has 1 fully saturated rings. The second kappa shape index (κ2) is 5.76. The molecule has 1 aliphatic heterocycles. The van der Waals surface area contributed by atoms with Crippen LogP contribution >= 0.6 is 0 Å². The van der Waals surface area contributed by atoms with Crippen molar-refractivity contribution in [3.05, 3.63) is 36.0 Å². The van der Waals surface area contributed by atoms with Gasteiger partial charge in [0.2, 0.25) is 0 Å². The number of H-pyrrole nitrogens is 1. The summed E-state index contributed by atoms with van der Waals surface area (Å²) in [5.74, 6) is 0. The zero-order valence-corrected chi connectivity index (χ0v) is 11.7. The number of hydrogen-bond acceptors (Lipinski definition) is 2. The van der Waals surface area contributed by atoms with Crippen molar-refractivity contribution in [2.75, 3.05) is 19.6 Å². The van der Waals surface area contributed by atoms with Crippen LogP contribution < -0.4 is 5.32 Å². The maximum absolute atomic E-state index is 3.61. The molecule has 0 aliphatic carbocycles. The number of likely N-dealkylation sites (N-methyl/N-ethyl adjacent to an activating group) is 1. The molecule has 2 N–H and O–H groups in total. The molecule has 0 spiro atoms. The molecule has 2 heterocycles. The highest BCUT2D eigenvalue weighted by molar-refractivity contribution is 5.79. The van der Waals surface area contributed by atoms with Crippen LogP contribution in [0.15, 0.2) is 30.5 Å². The molecule has 1 atom stereocenters. The number of fused-ring (bicyclic) bond motifs is 1. The molecule has 2 aromatic rings. The molecule has 3 rings (SSSR count). The Balaban J connectivity index is 1.54. The van der Waals surface area contributed by atoms with E-state index < -0.39 is 0 Å². The van der Waals surface area contributed by atoms with Crippen LogP contribution in [-0.2, 0) is 6.54 Å². The fraction of sp³-hybridized carbons (Fsp3) is 0.500. The minimum atomic E-state index is 0.735. The van der Waals surface area contributed by atoms with Crippen molar-refractivity contribution in [3.8, 4) is 0 Å². The average Bonchev–Trinajstić information content (AvgIpc) is 3.06. The summed E-state index contributed by atoms with van der Waals surface area (Å²) in [6, 6.07) is 9.50. The normalized spacial score (nSPS) is 20.4. The summed E-state index contributed by atoms with van der Waals surface area (Å²) < 4.78 is 0. The van der Waals surface area contributed by atoms with E-state index in [1.807, 2.05) is 6.20 Å². The molecule has 1 aliphatic rings. The van der Waals surface area contributed by atoms with E-state index in [1.54, 1.807) is 0 Å². The summed E-state index contributed by atoms with van der Waals surface area (Å²) in [4.78, 5) is 5.86. The summed E-state index contributed by atoms with van der Waals surface area (Å²) >= 11 is 0. The fourth-order valence-corrected chi connectivity index (χ4v) is 3.13. The van der Waals surface area contributed by atoms with Gasteiger partial charge in [-0.25, -0.2) is 0 Å². The van der Waals surface area contributed by atoms with Crippen molar-refractivity contribution in [2.45, 2.75) is 32.4 Å². The van der Waals surface area contributed by atoms with Gasteiger partial charge in [-0.3, -0.25) is 4.90 Å². The average molecular weight is 257 g/mol. The van der Waals surface area contributed by atoms with Gasteiger partial charge in [-0.05, 0) is 49.0 Å². The highest BCUT2D eigenvalue weighted by Crippen LogP contribution is 2.16. The standard InChI is InChI=1S/C16H23N3/c1-2-19-9-3-4-15(19)12-17-11-13-5-6-14-7-8-18-16(14)10-13/h5-8,10,15,17-18H,2-4,9,11-12H2,1H3. The van der Waals surface area contributed by atoms with E-state index in [1.165, 1.54) is 42.4 Å². The van der Waals surface area contributed by atoms with Gasteiger partial charge in [-0.2, -0.15) is 0 Å². The van der Waals surface area contributed by atoms with Crippen molar-refractivity contribution in [3.63, 3.8) is 0 Å². The maximum Gasteiger partial charge on any atom is 0.0457 e. The Morgan fingerprint density at radius 1 is 1.37 bits per heavy atom. The number of benzene rings is 1. The summed E-state index contributed by atoms with van der Waals surface area (Å²) in [7, 11) is 0. The Bertz CT molecular complexity index is 532. The maximum atomic E-state index is 3.61. The first-order valence-corrected chi connectivity index (χ1v) is 7.37. The smallest absolute Gasteiger partial charge is 0.0457 e. The lowest BCUT2D eigenvalue weighted by atomic mass is 10.1. The van der Waals surface area contributed by atoms with Crippen molar-refractivity contribution in [1.82, 2.24) is 15.2 Å². The molecule has 1 aromatic carbocycles. The lowest BCUT2D eigenvalue weighted by Crippen LogP contribution is -2.37. The minimum absolute atomic E-state index is 0.735. The van der Waals surface area contributed by atoms with Gasteiger partial charge in [0.05, 0.1) is 0 Å². The summed E-state index contributed by atoms with van der Waals surface area (Å²) in [5, 5.41) is 4.90. The second-order valence-corrected chi connectivity index (χ2v) is 5.45. The van der Waals surface area contributed by atoms with E-state index in [0.29, 0.717) is 0 Å². The number of likely N-dealkylation sites (tertiary alicyclic amines) is 1. The minimum Gasteiger partial charge on any atom is -0.361 e. The quantitative estimate of drug-likeness (QED) is 0.863. The predicted molar refractivity (Wildman–Crippen MR) is 80.3 cm³/mol. The Labute approximate surface area is 115 Å². The van der Waals surface area contributed by atoms with Crippen LogP contribution in [0.1, 0.15) is 25.3 Å².